The first-order valence-electron chi connectivity index (χ1n) is 8.83. The van der Waals surface area contributed by atoms with Crippen molar-refractivity contribution in [1.29, 1.82) is 0 Å². The summed E-state index contributed by atoms with van der Waals surface area (Å²) in [7, 11) is 0. The van der Waals surface area contributed by atoms with Crippen molar-refractivity contribution in [3.05, 3.63) is 18.2 Å². The Morgan fingerprint density at radius 2 is 2.12 bits per heavy atom. The predicted molar refractivity (Wildman–Crippen MR) is 91.8 cm³/mol. The molecular formula is C18H21N3O5. The Hall–Kier alpha value is -2.77. The Kier molecular flexibility index (Phi) is 3.97. The van der Waals surface area contributed by atoms with E-state index < -0.39 is 17.5 Å². The van der Waals surface area contributed by atoms with Gasteiger partial charge in [-0.1, -0.05) is 19.8 Å². The molecule has 2 atom stereocenters. The number of ether oxygens (including phenoxy) is 2. The van der Waals surface area contributed by atoms with Gasteiger partial charge >= 0.3 is 6.03 Å². The first-order chi connectivity index (χ1) is 12.5. The molecule has 1 aromatic rings. The van der Waals surface area contributed by atoms with Crippen LogP contribution in [0, 0.1) is 5.92 Å². The lowest BCUT2D eigenvalue weighted by atomic mass is 9.73. The van der Waals surface area contributed by atoms with Crippen LogP contribution in [-0.2, 0) is 9.59 Å². The topological polar surface area (TPSA) is 97.0 Å². The second kappa shape index (κ2) is 6.19. The van der Waals surface area contributed by atoms with Gasteiger partial charge in [0.25, 0.3) is 5.91 Å². The molecule has 3 aliphatic rings. The number of nitrogens with zero attached hydrogens (tertiary/aromatic N) is 1. The number of amides is 4. The molecule has 1 spiro atoms. The Bertz CT molecular complexity index is 780. The van der Waals surface area contributed by atoms with E-state index in [1.54, 1.807) is 18.2 Å². The summed E-state index contributed by atoms with van der Waals surface area (Å²) in [5.41, 5.74) is -0.332. The summed E-state index contributed by atoms with van der Waals surface area (Å²) in [5, 5.41) is 5.54. The molecule has 1 saturated heterocycles. The van der Waals surface area contributed by atoms with E-state index in [1.165, 1.54) is 0 Å². The van der Waals surface area contributed by atoms with Gasteiger partial charge in [-0.3, -0.25) is 14.5 Å². The summed E-state index contributed by atoms with van der Waals surface area (Å²) in [6, 6.07) is 4.54. The molecule has 4 rings (SSSR count). The van der Waals surface area contributed by atoms with Gasteiger partial charge in [-0.15, -0.1) is 0 Å². The van der Waals surface area contributed by atoms with Crippen LogP contribution in [0.3, 0.4) is 0 Å². The second-order valence-electron chi connectivity index (χ2n) is 7.06. The molecule has 0 unspecified atom stereocenters. The average Bonchev–Trinajstić information content (AvgIpc) is 3.16. The summed E-state index contributed by atoms with van der Waals surface area (Å²) < 4.78 is 10.5. The molecule has 1 aromatic carbocycles. The third-order valence-electron chi connectivity index (χ3n) is 5.46. The molecule has 8 heteroatoms. The van der Waals surface area contributed by atoms with Crippen molar-refractivity contribution in [2.75, 3.05) is 18.7 Å². The van der Waals surface area contributed by atoms with Crippen molar-refractivity contribution in [1.82, 2.24) is 10.2 Å². The van der Waals surface area contributed by atoms with E-state index in [1.807, 2.05) is 6.92 Å². The van der Waals surface area contributed by atoms with Gasteiger partial charge in [0.1, 0.15) is 12.1 Å². The van der Waals surface area contributed by atoms with Crippen molar-refractivity contribution in [2.24, 2.45) is 5.92 Å². The van der Waals surface area contributed by atoms with Gasteiger partial charge in [-0.25, -0.2) is 4.79 Å². The second-order valence-corrected chi connectivity index (χ2v) is 7.06. The maximum absolute atomic E-state index is 12.9. The number of nitrogens with one attached hydrogen (secondary N) is 2. The number of carbonyl (C=O) groups is 3. The van der Waals surface area contributed by atoms with Gasteiger partial charge in [-0.05, 0) is 30.9 Å². The molecule has 2 fully saturated rings. The minimum atomic E-state index is -0.853. The highest BCUT2D eigenvalue weighted by atomic mass is 16.7. The van der Waals surface area contributed by atoms with Crippen LogP contribution < -0.4 is 20.1 Å². The Labute approximate surface area is 150 Å². The van der Waals surface area contributed by atoms with E-state index in [9.17, 15) is 14.4 Å². The number of carbonyl (C=O) groups excluding carboxylic acids is 3. The molecule has 2 aliphatic heterocycles. The summed E-state index contributed by atoms with van der Waals surface area (Å²) in [4.78, 5) is 38.6. The molecule has 0 bridgehead atoms. The van der Waals surface area contributed by atoms with Crippen LogP contribution in [0.2, 0.25) is 0 Å². The quantitative estimate of drug-likeness (QED) is 0.803. The molecule has 1 saturated carbocycles. The van der Waals surface area contributed by atoms with Crippen LogP contribution in [0.4, 0.5) is 10.5 Å². The van der Waals surface area contributed by atoms with Crippen molar-refractivity contribution in [2.45, 2.75) is 38.1 Å². The third kappa shape index (κ3) is 2.65. The zero-order chi connectivity index (χ0) is 18.3. The summed E-state index contributed by atoms with van der Waals surface area (Å²) in [5.74, 6) is 0.496. The van der Waals surface area contributed by atoms with E-state index in [-0.39, 0.29) is 25.2 Å². The highest BCUT2D eigenvalue weighted by Crippen LogP contribution is 2.38. The van der Waals surface area contributed by atoms with E-state index >= 15 is 0 Å². The van der Waals surface area contributed by atoms with Crippen molar-refractivity contribution in [3.63, 3.8) is 0 Å². The van der Waals surface area contributed by atoms with E-state index in [2.05, 4.69) is 10.6 Å². The van der Waals surface area contributed by atoms with E-state index in [0.29, 0.717) is 23.6 Å². The molecule has 26 heavy (non-hydrogen) atoms. The van der Waals surface area contributed by atoms with Gasteiger partial charge in [-0.2, -0.15) is 0 Å². The Balaban J connectivity index is 1.44. The minimum Gasteiger partial charge on any atom is -0.454 e. The maximum Gasteiger partial charge on any atom is 0.325 e. The minimum absolute atomic E-state index is 0.0645. The fraction of sp³-hybridized carbons (Fsp3) is 0.500. The normalized spacial score (nSPS) is 27.0. The number of rotatable bonds is 3. The zero-order valence-electron chi connectivity index (χ0n) is 14.5. The number of imide groups is 1. The molecule has 2 heterocycles. The fourth-order valence-corrected chi connectivity index (χ4v) is 3.96. The lowest BCUT2D eigenvalue weighted by Gasteiger charge is -2.36. The summed E-state index contributed by atoms with van der Waals surface area (Å²) >= 11 is 0. The number of benzene rings is 1. The van der Waals surface area contributed by atoms with Crippen molar-refractivity contribution < 1.29 is 23.9 Å². The van der Waals surface area contributed by atoms with Crippen LogP contribution in [-0.4, -0.2) is 41.6 Å². The monoisotopic (exact) mass is 359 g/mol. The largest absolute Gasteiger partial charge is 0.454 e. The maximum atomic E-state index is 12.9. The van der Waals surface area contributed by atoms with Gasteiger partial charge in [0.2, 0.25) is 12.7 Å². The van der Waals surface area contributed by atoms with Gasteiger partial charge in [0.15, 0.2) is 11.5 Å². The lowest BCUT2D eigenvalue weighted by molar-refractivity contribution is -0.136. The summed E-state index contributed by atoms with van der Waals surface area (Å²) in [6.45, 7) is 1.82. The Morgan fingerprint density at radius 1 is 1.31 bits per heavy atom. The molecule has 0 aromatic heterocycles. The standard InChI is InChI=1S/C18H21N3O5/c1-11-4-2-3-7-18(11)16(23)21(17(24)20-18)9-15(22)19-12-5-6-13-14(8-12)26-10-25-13/h5-6,8,11H,2-4,7,9-10H2,1H3,(H,19,22)(H,20,24)/t11-,18+/m0/s1. The highest BCUT2D eigenvalue weighted by molar-refractivity contribution is 6.10. The van der Waals surface area contributed by atoms with E-state index in [0.717, 1.165) is 24.2 Å². The predicted octanol–water partition coefficient (Wildman–Crippen LogP) is 1.85. The SMILES string of the molecule is C[C@H]1CCCC[C@@]12NC(=O)N(CC(=O)Nc1ccc3c(c1)OCO3)C2=O. The van der Waals surface area contributed by atoms with Crippen LogP contribution in [0.1, 0.15) is 32.6 Å². The first kappa shape index (κ1) is 16.7. The van der Waals surface area contributed by atoms with E-state index in [4.69, 9.17) is 9.47 Å². The molecule has 0 radical (unpaired) electrons. The molecular weight excluding hydrogens is 338 g/mol. The third-order valence-corrected chi connectivity index (χ3v) is 5.46. The first-order valence-corrected chi connectivity index (χ1v) is 8.83. The van der Waals surface area contributed by atoms with Crippen LogP contribution >= 0.6 is 0 Å². The average molecular weight is 359 g/mol. The Morgan fingerprint density at radius 3 is 2.92 bits per heavy atom. The van der Waals surface area contributed by atoms with Gasteiger partial charge in [0.05, 0.1) is 0 Å². The van der Waals surface area contributed by atoms with Crippen LogP contribution in [0.25, 0.3) is 0 Å². The smallest absolute Gasteiger partial charge is 0.325 e. The molecule has 8 nitrogen and oxygen atoms in total. The number of urea groups is 1. The number of fused-ring (bicyclic) bond motifs is 1. The molecule has 1 aliphatic carbocycles. The number of anilines is 1. The molecule has 4 amide bonds. The zero-order valence-corrected chi connectivity index (χ0v) is 14.5. The lowest BCUT2D eigenvalue weighted by Crippen LogP contribution is -2.54. The van der Waals surface area contributed by atoms with Crippen molar-refractivity contribution >= 4 is 23.5 Å². The van der Waals surface area contributed by atoms with Crippen LogP contribution in [0.15, 0.2) is 18.2 Å². The fourth-order valence-electron chi connectivity index (χ4n) is 3.96. The van der Waals surface area contributed by atoms with Crippen LogP contribution in [0.5, 0.6) is 11.5 Å². The molecule has 2 N–H and O–H groups in total. The van der Waals surface area contributed by atoms with Crippen molar-refractivity contribution in [3.8, 4) is 11.5 Å². The summed E-state index contributed by atoms with van der Waals surface area (Å²) in [6.07, 6.45) is 3.46. The highest BCUT2D eigenvalue weighted by Gasteiger charge is 2.55. The molecule has 138 valence electrons. The van der Waals surface area contributed by atoms with Gasteiger partial charge < -0.3 is 20.1 Å². The number of hydrogen-bond donors (Lipinski definition) is 2. The van der Waals surface area contributed by atoms with Gasteiger partial charge in [0, 0.05) is 11.8 Å². The number of hydrogen-bond acceptors (Lipinski definition) is 5.